The van der Waals surface area contributed by atoms with E-state index < -0.39 is 0 Å². The molecule has 1 aliphatic carbocycles. The highest BCUT2D eigenvalue weighted by Gasteiger charge is 2.44. The van der Waals surface area contributed by atoms with Gasteiger partial charge in [0.05, 0.1) is 0 Å². The summed E-state index contributed by atoms with van der Waals surface area (Å²) in [5.74, 6) is 2.10. The summed E-state index contributed by atoms with van der Waals surface area (Å²) in [6.07, 6.45) is 8.89. The van der Waals surface area contributed by atoms with Gasteiger partial charge in [-0.05, 0) is 44.2 Å². The van der Waals surface area contributed by atoms with Gasteiger partial charge in [-0.1, -0.05) is 18.0 Å². The van der Waals surface area contributed by atoms with Gasteiger partial charge in [-0.3, -0.25) is 4.98 Å². The zero-order valence-electron chi connectivity index (χ0n) is 15.1. The van der Waals surface area contributed by atoms with Crippen LogP contribution in [0.1, 0.15) is 44.9 Å². The van der Waals surface area contributed by atoms with Crippen molar-refractivity contribution in [1.29, 1.82) is 0 Å². The Bertz CT molecular complexity index is 748. The quantitative estimate of drug-likeness (QED) is 0.891. The molecule has 4 rings (SSSR count). The second-order valence-electron chi connectivity index (χ2n) is 7.41. The summed E-state index contributed by atoms with van der Waals surface area (Å²) < 4.78 is 5.56. The first-order valence-corrected chi connectivity index (χ1v) is 9.47. The van der Waals surface area contributed by atoms with Gasteiger partial charge in [0.2, 0.25) is 0 Å². The number of aromatic nitrogens is 3. The number of nitrogens with zero attached hydrogens (tertiary/aromatic N) is 4. The Hall–Kier alpha value is -2.44. The Morgan fingerprint density at radius 2 is 2.04 bits per heavy atom. The van der Waals surface area contributed by atoms with E-state index in [0.29, 0.717) is 12.4 Å². The SMILES string of the molecule is CCNC(=O)N1CCC(CC2CC2)(c2noc(-c3ccncc3)n2)CC1. The van der Waals surface area contributed by atoms with E-state index >= 15 is 0 Å². The molecule has 26 heavy (non-hydrogen) atoms. The molecule has 0 aromatic carbocycles. The average molecular weight is 355 g/mol. The van der Waals surface area contributed by atoms with E-state index in [2.05, 4.69) is 15.5 Å². The van der Waals surface area contributed by atoms with E-state index in [1.54, 1.807) is 12.4 Å². The minimum atomic E-state index is -0.0844. The first-order chi connectivity index (χ1) is 12.7. The van der Waals surface area contributed by atoms with Crippen molar-refractivity contribution in [3.8, 4) is 11.5 Å². The zero-order valence-corrected chi connectivity index (χ0v) is 15.1. The molecule has 3 heterocycles. The molecule has 2 aliphatic rings. The summed E-state index contributed by atoms with van der Waals surface area (Å²) in [6.45, 7) is 4.07. The summed E-state index contributed by atoms with van der Waals surface area (Å²) in [5.41, 5.74) is 0.805. The summed E-state index contributed by atoms with van der Waals surface area (Å²) in [4.78, 5) is 22.8. The molecule has 0 spiro atoms. The fourth-order valence-electron chi connectivity index (χ4n) is 3.85. The smallest absolute Gasteiger partial charge is 0.317 e. The molecule has 0 bridgehead atoms. The lowest BCUT2D eigenvalue weighted by molar-refractivity contribution is 0.145. The van der Waals surface area contributed by atoms with Crippen LogP contribution in [-0.4, -0.2) is 45.7 Å². The number of urea groups is 1. The second kappa shape index (κ2) is 7.05. The molecule has 1 aliphatic heterocycles. The number of likely N-dealkylation sites (tertiary alicyclic amines) is 1. The number of hydrogen-bond acceptors (Lipinski definition) is 5. The number of amides is 2. The molecule has 0 radical (unpaired) electrons. The molecular formula is C19H25N5O2. The highest BCUT2D eigenvalue weighted by molar-refractivity contribution is 5.74. The normalized spacial score (nSPS) is 19.3. The number of pyridine rings is 1. The van der Waals surface area contributed by atoms with Crippen LogP contribution in [0, 0.1) is 5.92 Å². The van der Waals surface area contributed by atoms with E-state index in [9.17, 15) is 4.79 Å². The predicted octanol–water partition coefficient (Wildman–Crippen LogP) is 2.99. The lowest BCUT2D eigenvalue weighted by Crippen LogP contribution is -2.49. The van der Waals surface area contributed by atoms with Crippen molar-refractivity contribution in [3.63, 3.8) is 0 Å². The molecule has 0 unspecified atom stereocenters. The molecule has 7 heteroatoms. The molecule has 0 atom stereocenters. The fraction of sp³-hybridized carbons (Fsp3) is 0.579. The van der Waals surface area contributed by atoms with Crippen molar-refractivity contribution in [3.05, 3.63) is 30.4 Å². The van der Waals surface area contributed by atoms with Crippen molar-refractivity contribution < 1.29 is 9.32 Å². The monoisotopic (exact) mass is 355 g/mol. The van der Waals surface area contributed by atoms with Crippen LogP contribution in [0.3, 0.4) is 0 Å². The Labute approximate surface area is 153 Å². The third kappa shape index (κ3) is 3.43. The van der Waals surface area contributed by atoms with Gasteiger partial charge in [0.1, 0.15) is 0 Å². The Morgan fingerprint density at radius 1 is 1.31 bits per heavy atom. The molecule has 1 N–H and O–H groups in total. The van der Waals surface area contributed by atoms with Gasteiger partial charge in [0, 0.05) is 43.0 Å². The van der Waals surface area contributed by atoms with Crippen molar-refractivity contribution >= 4 is 6.03 Å². The van der Waals surface area contributed by atoms with Crippen LogP contribution in [-0.2, 0) is 5.41 Å². The van der Waals surface area contributed by atoms with E-state index in [1.807, 2.05) is 24.0 Å². The molecule has 2 aromatic heterocycles. The predicted molar refractivity (Wildman–Crippen MR) is 96.4 cm³/mol. The highest BCUT2D eigenvalue weighted by Crippen LogP contribution is 2.46. The van der Waals surface area contributed by atoms with E-state index in [0.717, 1.165) is 49.7 Å². The van der Waals surface area contributed by atoms with Crippen LogP contribution in [0.4, 0.5) is 4.79 Å². The summed E-state index contributed by atoms with van der Waals surface area (Å²) in [5, 5.41) is 7.24. The Kier molecular flexibility index (Phi) is 4.61. The van der Waals surface area contributed by atoms with E-state index in [4.69, 9.17) is 9.51 Å². The molecule has 2 amide bonds. The van der Waals surface area contributed by atoms with Crippen LogP contribution >= 0.6 is 0 Å². The van der Waals surface area contributed by atoms with Gasteiger partial charge >= 0.3 is 6.03 Å². The standard InChI is InChI=1S/C19H25N5O2/c1-2-21-18(25)24-11-7-19(8-12-24,13-14-3-4-14)17-22-16(26-23-17)15-5-9-20-10-6-15/h5-6,9-10,14H,2-4,7-8,11-13H2,1H3,(H,21,25). The van der Waals surface area contributed by atoms with Crippen LogP contribution < -0.4 is 5.32 Å². The maximum absolute atomic E-state index is 12.1. The van der Waals surface area contributed by atoms with Crippen molar-refractivity contribution in [2.45, 2.75) is 44.4 Å². The fourth-order valence-corrected chi connectivity index (χ4v) is 3.85. The minimum Gasteiger partial charge on any atom is -0.338 e. The molecule has 138 valence electrons. The average Bonchev–Trinajstić information content (AvgIpc) is 3.34. The summed E-state index contributed by atoms with van der Waals surface area (Å²) in [6, 6.07) is 3.78. The minimum absolute atomic E-state index is 0.0260. The lowest BCUT2D eigenvalue weighted by atomic mass is 9.73. The maximum atomic E-state index is 12.1. The Balaban J connectivity index is 1.54. The molecule has 2 fully saturated rings. The van der Waals surface area contributed by atoms with Gasteiger partial charge in [-0.25, -0.2) is 4.79 Å². The first kappa shape index (κ1) is 17.0. The summed E-state index contributed by atoms with van der Waals surface area (Å²) >= 11 is 0. The highest BCUT2D eigenvalue weighted by atomic mass is 16.5. The van der Waals surface area contributed by atoms with Gasteiger partial charge in [0.25, 0.3) is 5.89 Å². The molecule has 1 saturated heterocycles. The van der Waals surface area contributed by atoms with Crippen LogP contribution in [0.2, 0.25) is 0 Å². The maximum Gasteiger partial charge on any atom is 0.317 e. The van der Waals surface area contributed by atoms with Crippen LogP contribution in [0.15, 0.2) is 29.0 Å². The van der Waals surface area contributed by atoms with Crippen molar-refractivity contribution in [2.24, 2.45) is 5.92 Å². The zero-order chi connectivity index (χ0) is 18.0. The third-order valence-electron chi connectivity index (χ3n) is 5.54. The first-order valence-electron chi connectivity index (χ1n) is 9.47. The molecule has 7 nitrogen and oxygen atoms in total. The number of hydrogen-bond donors (Lipinski definition) is 1. The van der Waals surface area contributed by atoms with Crippen molar-refractivity contribution in [2.75, 3.05) is 19.6 Å². The van der Waals surface area contributed by atoms with Crippen molar-refractivity contribution in [1.82, 2.24) is 25.3 Å². The van der Waals surface area contributed by atoms with Gasteiger partial charge < -0.3 is 14.7 Å². The van der Waals surface area contributed by atoms with Gasteiger partial charge in [0.15, 0.2) is 5.82 Å². The van der Waals surface area contributed by atoms with E-state index in [1.165, 1.54) is 12.8 Å². The molecular weight excluding hydrogens is 330 g/mol. The topological polar surface area (TPSA) is 84.2 Å². The van der Waals surface area contributed by atoms with Gasteiger partial charge in [-0.15, -0.1) is 0 Å². The van der Waals surface area contributed by atoms with Crippen LogP contribution in [0.25, 0.3) is 11.5 Å². The third-order valence-corrected chi connectivity index (χ3v) is 5.54. The largest absolute Gasteiger partial charge is 0.338 e. The Morgan fingerprint density at radius 3 is 2.69 bits per heavy atom. The number of rotatable bonds is 5. The molecule has 2 aromatic rings. The van der Waals surface area contributed by atoms with E-state index in [-0.39, 0.29) is 11.4 Å². The number of carbonyl (C=O) groups is 1. The number of carbonyl (C=O) groups excluding carboxylic acids is 1. The molecule has 1 saturated carbocycles. The van der Waals surface area contributed by atoms with Crippen LogP contribution in [0.5, 0.6) is 0 Å². The number of piperidine rings is 1. The second-order valence-corrected chi connectivity index (χ2v) is 7.41. The lowest BCUT2D eigenvalue weighted by Gasteiger charge is -2.40. The number of nitrogens with one attached hydrogen (secondary N) is 1. The van der Waals surface area contributed by atoms with Gasteiger partial charge in [-0.2, -0.15) is 4.98 Å². The summed E-state index contributed by atoms with van der Waals surface area (Å²) in [7, 11) is 0.